The third-order valence-corrected chi connectivity index (χ3v) is 4.08. The molecule has 0 aliphatic heterocycles. The Kier molecular flexibility index (Phi) is 8.64. The van der Waals surface area contributed by atoms with Gasteiger partial charge in [-0.3, -0.25) is 4.99 Å². The second-order valence-electron chi connectivity index (χ2n) is 6.33. The van der Waals surface area contributed by atoms with Crippen molar-refractivity contribution >= 4 is 5.96 Å². The molecule has 2 rings (SSSR count). The topological polar surface area (TPSA) is 54.9 Å². The van der Waals surface area contributed by atoms with E-state index in [-0.39, 0.29) is 11.5 Å². The molecule has 0 amide bonds. The van der Waals surface area contributed by atoms with Gasteiger partial charge in [0.1, 0.15) is 0 Å². The third-order valence-electron chi connectivity index (χ3n) is 4.08. The number of guanidine groups is 1. The Bertz CT molecular complexity index is 780. The molecule has 0 radical (unpaired) electrons. The second kappa shape index (κ2) is 11.2. The van der Waals surface area contributed by atoms with Gasteiger partial charge in [-0.05, 0) is 36.1 Å². The van der Waals surface area contributed by atoms with E-state index in [0.717, 1.165) is 24.9 Å². The van der Waals surface area contributed by atoms with Gasteiger partial charge in [0.2, 0.25) is 0 Å². The van der Waals surface area contributed by atoms with E-state index < -0.39 is 12.8 Å². The molecule has 5 nitrogen and oxygen atoms in total. The molecular formula is C21H26F3N3O2. The maximum atomic E-state index is 12.3. The van der Waals surface area contributed by atoms with E-state index in [1.54, 1.807) is 19.2 Å². The van der Waals surface area contributed by atoms with E-state index in [0.29, 0.717) is 12.5 Å². The molecule has 0 spiro atoms. The van der Waals surface area contributed by atoms with Crippen molar-refractivity contribution in [3.05, 3.63) is 59.7 Å². The van der Waals surface area contributed by atoms with Gasteiger partial charge in [-0.1, -0.05) is 36.4 Å². The molecule has 0 fully saturated rings. The lowest BCUT2D eigenvalue weighted by Gasteiger charge is -2.15. The molecule has 0 aliphatic carbocycles. The Morgan fingerprint density at radius 3 is 2.41 bits per heavy atom. The minimum absolute atomic E-state index is 0.0528. The number of nitrogens with one attached hydrogen (secondary N) is 2. The van der Waals surface area contributed by atoms with Gasteiger partial charge in [0, 0.05) is 20.1 Å². The summed E-state index contributed by atoms with van der Waals surface area (Å²) in [5.41, 5.74) is 2.12. The van der Waals surface area contributed by atoms with Crippen LogP contribution in [0.25, 0.3) is 0 Å². The van der Waals surface area contributed by atoms with Crippen LogP contribution in [-0.2, 0) is 13.0 Å². The number of alkyl halides is 3. The van der Waals surface area contributed by atoms with Crippen molar-refractivity contribution in [2.75, 3.05) is 27.3 Å². The molecule has 2 N–H and O–H groups in total. The minimum atomic E-state index is -4.40. The number of hydrogen-bond acceptors (Lipinski definition) is 3. The van der Waals surface area contributed by atoms with Gasteiger partial charge in [0.25, 0.3) is 0 Å². The predicted octanol–water partition coefficient (Wildman–Crippen LogP) is 3.93. The normalized spacial score (nSPS) is 11.8. The standard InChI is InChI=1S/C21H26F3N3O2/c1-25-20(26-12-6-9-16-7-4-3-5-8-16)27-14-17-10-11-18(19(13-17)28-2)29-15-21(22,23)24/h3-5,7-8,10-11,13H,6,9,12,14-15H2,1-2H3,(H2,25,26,27). The first-order chi connectivity index (χ1) is 13.9. The van der Waals surface area contributed by atoms with Crippen LogP contribution in [-0.4, -0.2) is 39.4 Å². The van der Waals surface area contributed by atoms with Gasteiger partial charge >= 0.3 is 6.18 Å². The summed E-state index contributed by atoms with van der Waals surface area (Å²) in [6.07, 6.45) is -2.46. The Balaban J connectivity index is 1.80. The number of nitrogens with zero attached hydrogens (tertiary/aromatic N) is 1. The Hall–Kier alpha value is -2.90. The number of halogens is 3. The average Bonchev–Trinajstić information content (AvgIpc) is 2.72. The lowest BCUT2D eigenvalue weighted by atomic mass is 10.1. The van der Waals surface area contributed by atoms with Crippen molar-refractivity contribution in [2.45, 2.75) is 25.6 Å². The number of benzene rings is 2. The number of aryl methyl sites for hydroxylation is 1. The molecule has 0 atom stereocenters. The zero-order chi connectivity index (χ0) is 21.1. The van der Waals surface area contributed by atoms with Crippen LogP contribution in [0.15, 0.2) is 53.5 Å². The van der Waals surface area contributed by atoms with Crippen molar-refractivity contribution in [3.8, 4) is 11.5 Å². The summed E-state index contributed by atoms with van der Waals surface area (Å²) in [6.45, 7) is -0.156. The van der Waals surface area contributed by atoms with Crippen molar-refractivity contribution in [1.29, 1.82) is 0 Å². The van der Waals surface area contributed by atoms with Crippen molar-refractivity contribution in [1.82, 2.24) is 10.6 Å². The molecule has 0 heterocycles. The summed E-state index contributed by atoms with van der Waals surface area (Å²) in [7, 11) is 3.07. The number of ether oxygens (including phenoxy) is 2. The van der Waals surface area contributed by atoms with Gasteiger partial charge < -0.3 is 20.1 Å². The fourth-order valence-corrected chi connectivity index (χ4v) is 2.65. The first-order valence-electron chi connectivity index (χ1n) is 9.26. The van der Waals surface area contributed by atoms with Crippen LogP contribution in [0.5, 0.6) is 11.5 Å². The largest absolute Gasteiger partial charge is 0.493 e. The van der Waals surface area contributed by atoms with E-state index >= 15 is 0 Å². The van der Waals surface area contributed by atoms with E-state index in [9.17, 15) is 13.2 Å². The van der Waals surface area contributed by atoms with Gasteiger partial charge in [0.15, 0.2) is 24.1 Å². The molecule has 8 heteroatoms. The molecule has 29 heavy (non-hydrogen) atoms. The van der Waals surface area contributed by atoms with Crippen LogP contribution in [0.1, 0.15) is 17.5 Å². The van der Waals surface area contributed by atoms with Gasteiger partial charge in [0.05, 0.1) is 7.11 Å². The third kappa shape index (κ3) is 8.33. The average molecular weight is 409 g/mol. The zero-order valence-corrected chi connectivity index (χ0v) is 16.6. The number of hydrogen-bond donors (Lipinski definition) is 2. The molecule has 0 saturated heterocycles. The van der Waals surface area contributed by atoms with E-state index in [2.05, 4.69) is 27.8 Å². The van der Waals surface area contributed by atoms with Gasteiger partial charge in [-0.25, -0.2) is 0 Å². The maximum Gasteiger partial charge on any atom is 0.422 e. The number of methoxy groups -OCH3 is 1. The number of aliphatic imine (C=N–C) groups is 1. The number of rotatable bonds is 9. The monoisotopic (exact) mass is 409 g/mol. The summed E-state index contributed by atoms with van der Waals surface area (Å²) < 4.78 is 46.9. The predicted molar refractivity (Wildman–Crippen MR) is 108 cm³/mol. The molecule has 0 bridgehead atoms. The zero-order valence-electron chi connectivity index (χ0n) is 16.6. The van der Waals surface area contributed by atoms with Crippen LogP contribution < -0.4 is 20.1 Å². The van der Waals surface area contributed by atoms with Gasteiger partial charge in [-0.2, -0.15) is 13.2 Å². The molecule has 2 aromatic rings. The quantitative estimate of drug-likeness (QED) is 0.374. The molecule has 0 aliphatic rings. The molecular weight excluding hydrogens is 383 g/mol. The fourth-order valence-electron chi connectivity index (χ4n) is 2.65. The lowest BCUT2D eigenvalue weighted by Crippen LogP contribution is -2.37. The first-order valence-corrected chi connectivity index (χ1v) is 9.26. The van der Waals surface area contributed by atoms with Crippen molar-refractivity contribution in [3.63, 3.8) is 0 Å². The molecule has 0 aromatic heterocycles. The van der Waals surface area contributed by atoms with Crippen molar-refractivity contribution in [2.24, 2.45) is 4.99 Å². The summed E-state index contributed by atoms with van der Waals surface area (Å²) >= 11 is 0. The highest BCUT2D eigenvalue weighted by molar-refractivity contribution is 5.79. The first kappa shape index (κ1) is 22.4. The van der Waals surface area contributed by atoms with E-state index in [1.165, 1.54) is 18.7 Å². The Labute approximate surface area is 168 Å². The lowest BCUT2D eigenvalue weighted by molar-refractivity contribution is -0.153. The SMILES string of the molecule is CN=C(NCCCc1ccccc1)NCc1ccc(OCC(F)(F)F)c(OC)c1. The summed E-state index contributed by atoms with van der Waals surface area (Å²) in [6, 6.07) is 15.0. The van der Waals surface area contributed by atoms with E-state index in [1.807, 2.05) is 18.2 Å². The Morgan fingerprint density at radius 1 is 1.00 bits per heavy atom. The summed E-state index contributed by atoms with van der Waals surface area (Å²) in [4.78, 5) is 4.18. The van der Waals surface area contributed by atoms with Crippen LogP contribution in [0.2, 0.25) is 0 Å². The second-order valence-corrected chi connectivity index (χ2v) is 6.33. The van der Waals surface area contributed by atoms with Crippen LogP contribution in [0.4, 0.5) is 13.2 Å². The van der Waals surface area contributed by atoms with E-state index in [4.69, 9.17) is 9.47 Å². The highest BCUT2D eigenvalue weighted by Gasteiger charge is 2.29. The van der Waals surface area contributed by atoms with Crippen LogP contribution >= 0.6 is 0 Å². The smallest absolute Gasteiger partial charge is 0.422 e. The highest BCUT2D eigenvalue weighted by atomic mass is 19.4. The van der Waals surface area contributed by atoms with Gasteiger partial charge in [-0.15, -0.1) is 0 Å². The molecule has 2 aromatic carbocycles. The Morgan fingerprint density at radius 2 is 1.76 bits per heavy atom. The maximum absolute atomic E-state index is 12.3. The molecule has 158 valence electrons. The summed E-state index contributed by atoms with van der Waals surface area (Å²) in [5, 5.41) is 6.42. The highest BCUT2D eigenvalue weighted by Crippen LogP contribution is 2.29. The van der Waals surface area contributed by atoms with Crippen molar-refractivity contribution < 1.29 is 22.6 Å². The fraction of sp³-hybridized carbons (Fsp3) is 0.381. The molecule has 0 saturated carbocycles. The molecule has 0 unspecified atom stereocenters. The summed E-state index contributed by atoms with van der Waals surface area (Å²) in [5.74, 6) is 0.950. The minimum Gasteiger partial charge on any atom is -0.493 e. The van der Waals surface area contributed by atoms with Crippen LogP contribution in [0, 0.1) is 0 Å². The van der Waals surface area contributed by atoms with Crippen LogP contribution in [0.3, 0.4) is 0 Å².